The topological polar surface area (TPSA) is 12.0 Å². The Morgan fingerprint density at radius 1 is 1.07 bits per heavy atom. The first-order valence-electron chi connectivity index (χ1n) is 5.74. The van der Waals surface area contributed by atoms with Crippen molar-refractivity contribution >= 4 is 17.4 Å². The SMILES string of the molecule is CCCCCCNc1ccc(SC)cc1. The molecule has 1 nitrogen and oxygen atoms in total. The van der Waals surface area contributed by atoms with E-state index in [1.54, 1.807) is 11.8 Å². The first-order chi connectivity index (χ1) is 7.36. The highest BCUT2D eigenvalue weighted by molar-refractivity contribution is 7.98. The maximum absolute atomic E-state index is 3.45. The van der Waals surface area contributed by atoms with Crippen LogP contribution in [0.4, 0.5) is 5.69 Å². The van der Waals surface area contributed by atoms with Crippen molar-refractivity contribution in [2.75, 3.05) is 18.1 Å². The van der Waals surface area contributed by atoms with E-state index in [0.29, 0.717) is 0 Å². The molecular weight excluding hydrogens is 202 g/mol. The molecule has 84 valence electrons. The Morgan fingerprint density at radius 2 is 1.80 bits per heavy atom. The second kappa shape index (κ2) is 7.63. The number of thioether (sulfide) groups is 1. The van der Waals surface area contributed by atoms with Gasteiger partial charge in [0.25, 0.3) is 0 Å². The third-order valence-corrected chi connectivity index (χ3v) is 3.19. The lowest BCUT2D eigenvalue weighted by atomic mass is 10.2. The van der Waals surface area contributed by atoms with E-state index in [2.05, 4.69) is 42.8 Å². The lowest BCUT2D eigenvalue weighted by Gasteiger charge is -2.06. The van der Waals surface area contributed by atoms with Crippen molar-refractivity contribution < 1.29 is 0 Å². The molecule has 0 aromatic heterocycles. The van der Waals surface area contributed by atoms with Crippen LogP contribution in [-0.4, -0.2) is 12.8 Å². The van der Waals surface area contributed by atoms with E-state index in [0.717, 1.165) is 6.54 Å². The molecule has 0 aliphatic heterocycles. The third kappa shape index (κ3) is 5.12. The molecular formula is C13H21NS. The first kappa shape index (κ1) is 12.4. The first-order valence-corrected chi connectivity index (χ1v) is 6.97. The van der Waals surface area contributed by atoms with E-state index >= 15 is 0 Å². The lowest BCUT2D eigenvalue weighted by molar-refractivity contribution is 0.685. The quantitative estimate of drug-likeness (QED) is 0.543. The van der Waals surface area contributed by atoms with Crippen LogP contribution in [0.2, 0.25) is 0 Å². The zero-order chi connectivity index (χ0) is 10.9. The summed E-state index contributed by atoms with van der Waals surface area (Å²) in [7, 11) is 0. The molecule has 1 rings (SSSR count). The van der Waals surface area contributed by atoms with Gasteiger partial charge in [-0.15, -0.1) is 11.8 Å². The minimum absolute atomic E-state index is 1.10. The second-order valence-electron chi connectivity index (χ2n) is 3.72. The van der Waals surface area contributed by atoms with Gasteiger partial charge in [-0.25, -0.2) is 0 Å². The van der Waals surface area contributed by atoms with Gasteiger partial charge in [0, 0.05) is 17.1 Å². The Morgan fingerprint density at radius 3 is 2.40 bits per heavy atom. The standard InChI is InChI=1S/C13H21NS/c1-3-4-5-6-11-14-12-7-9-13(15-2)10-8-12/h7-10,14H,3-6,11H2,1-2H3. The van der Waals surface area contributed by atoms with Gasteiger partial charge in [0.05, 0.1) is 0 Å². The molecule has 15 heavy (non-hydrogen) atoms. The van der Waals surface area contributed by atoms with Crippen LogP contribution in [0.25, 0.3) is 0 Å². The molecule has 1 N–H and O–H groups in total. The van der Waals surface area contributed by atoms with Gasteiger partial charge >= 0.3 is 0 Å². The van der Waals surface area contributed by atoms with Gasteiger partial charge in [-0.3, -0.25) is 0 Å². The Balaban J connectivity index is 2.20. The average Bonchev–Trinajstić information content (AvgIpc) is 2.30. The lowest BCUT2D eigenvalue weighted by Crippen LogP contribution is -2.00. The molecule has 0 heterocycles. The van der Waals surface area contributed by atoms with Gasteiger partial charge in [0.1, 0.15) is 0 Å². The van der Waals surface area contributed by atoms with Crippen LogP contribution in [0.3, 0.4) is 0 Å². The van der Waals surface area contributed by atoms with E-state index in [1.807, 2.05) is 0 Å². The minimum atomic E-state index is 1.10. The fraction of sp³-hybridized carbons (Fsp3) is 0.538. The molecule has 2 heteroatoms. The summed E-state index contributed by atoms with van der Waals surface area (Å²) in [6.07, 6.45) is 7.38. The Hall–Kier alpha value is -0.630. The highest BCUT2D eigenvalue weighted by Crippen LogP contribution is 2.17. The van der Waals surface area contributed by atoms with Crippen molar-refractivity contribution in [2.24, 2.45) is 0 Å². The zero-order valence-electron chi connectivity index (χ0n) is 9.75. The van der Waals surface area contributed by atoms with E-state index in [4.69, 9.17) is 0 Å². The molecule has 0 unspecified atom stereocenters. The predicted octanol–water partition coefficient (Wildman–Crippen LogP) is 4.40. The molecule has 0 fully saturated rings. The maximum Gasteiger partial charge on any atom is 0.0340 e. The van der Waals surface area contributed by atoms with Crippen LogP contribution in [-0.2, 0) is 0 Å². The van der Waals surface area contributed by atoms with Crippen LogP contribution in [0.15, 0.2) is 29.2 Å². The summed E-state index contributed by atoms with van der Waals surface area (Å²) in [6.45, 7) is 3.34. The van der Waals surface area contributed by atoms with Gasteiger partial charge in [-0.2, -0.15) is 0 Å². The molecule has 0 amide bonds. The summed E-state index contributed by atoms with van der Waals surface area (Å²) in [4.78, 5) is 1.33. The molecule has 0 atom stereocenters. The number of nitrogens with one attached hydrogen (secondary N) is 1. The van der Waals surface area contributed by atoms with Gasteiger partial charge in [0.2, 0.25) is 0 Å². The smallest absolute Gasteiger partial charge is 0.0340 e. The highest BCUT2D eigenvalue weighted by atomic mass is 32.2. The molecule has 0 saturated carbocycles. The van der Waals surface area contributed by atoms with Crippen molar-refractivity contribution in [3.63, 3.8) is 0 Å². The van der Waals surface area contributed by atoms with Crippen LogP contribution in [0, 0.1) is 0 Å². The summed E-state index contributed by atoms with van der Waals surface area (Å²) < 4.78 is 0. The van der Waals surface area contributed by atoms with E-state index < -0.39 is 0 Å². The van der Waals surface area contributed by atoms with E-state index in [-0.39, 0.29) is 0 Å². The molecule has 0 saturated heterocycles. The van der Waals surface area contributed by atoms with Gasteiger partial charge in [-0.1, -0.05) is 26.2 Å². The van der Waals surface area contributed by atoms with E-state index in [1.165, 1.54) is 36.3 Å². The summed E-state index contributed by atoms with van der Waals surface area (Å²) >= 11 is 1.78. The number of rotatable bonds is 7. The molecule has 1 aromatic rings. The van der Waals surface area contributed by atoms with Crippen LogP contribution >= 0.6 is 11.8 Å². The molecule has 0 radical (unpaired) electrons. The van der Waals surface area contributed by atoms with Gasteiger partial charge < -0.3 is 5.32 Å². The van der Waals surface area contributed by atoms with Crippen LogP contribution < -0.4 is 5.32 Å². The monoisotopic (exact) mass is 223 g/mol. The van der Waals surface area contributed by atoms with Gasteiger partial charge in [-0.05, 0) is 36.9 Å². The number of anilines is 1. The summed E-state index contributed by atoms with van der Waals surface area (Å²) in [6, 6.07) is 8.65. The third-order valence-electron chi connectivity index (χ3n) is 2.45. The second-order valence-corrected chi connectivity index (χ2v) is 4.60. The Bertz CT molecular complexity index is 256. The van der Waals surface area contributed by atoms with Crippen LogP contribution in [0.1, 0.15) is 32.6 Å². The van der Waals surface area contributed by atoms with Crippen molar-refractivity contribution in [1.29, 1.82) is 0 Å². The number of unbranched alkanes of at least 4 members (excludes halogenated alkanes) is 3. The average molecular weight is 223 g/mol. The normalized spacial score (nSPS) is 10.3. The highest BCUT2D eigenvalue weighted by Gasteiger charge is 1.92. The van der Waals surface area contributed by atoms with Crippen molar-refractivity contribution in [1.82, 2.24) is 0 Å². The van der Waals surface area contributed by atoms with E-state index in [9.17, 15) is 0 Å². The maximum atomic E-state index is 3.45. The molecule has 0 aliphatic carbocycles. The summed E-state index contributed by atoms with van der Waals surface area (Å²) in [5.74, 6) is 0. The molecule has 0 bridgehead atoms. The molecule has 0 spiro atoms. The Labute approximate surface area is 97.7 Å². The summed E-state index contributed by atoms with van der Waals surface area (Å²) in [5.41, 5.74) is 1.24. The largest absolute Gasteiger partial charge is 0.385 e. The minimum Gasteiger partial charge on any atom is -0.385 e. The zero-order valence-corrected chi connectivity index (χ0v) is 10.6. The number of hydrogen-bond acceptors (Lipinski definition) is 2. The molecule has 0 aliphatic rings. The van der Waals surface area contributed by atoms with Crippen molar-refractivity contribution in [2.45, 2.75) is 37.5 Å². The van der Waals surface area contributed by atoms with Gasteiger partial charge in [0.15, 0.2) is 0 Å². The Kier molecular flexibility index (Phi) is 6.33. The number of hydrogen-bond donors (Lipinski definition) is 1. The van der Waals surface area contributed by atoms with Crippen LogP contribution in [0.5, 0.6) is 0 Å². The summed E-state index contributed by atoms with van der Waals surface area (Å²) in [5, 5.41) is 3.45. The predicted molar refractivity (Wildman–Crippen MR) is 70.9 cm³/mol. The fourth-order valence-corrected chi connectivity index (χ4v) is 1.90. The number of benzene rings is 1. The molecule has 1 aromatic carbocycles. The fourth-order valence-electron chi connectivity index (χ4n) is 1.49. The van der Waals surface area contributed by atoms with Crippen molar-refractivity contribution in [3.8, 4) is 0 Å². The van der Waals surface area contributed by atoms with Crippen molar-refractivity contribution in [3.05, 3.63) is 24.3 Å².